The molecule has 5 aromatic rings. The van der Waals surface area contributed by atoms with Gasteiger partial charge in [-0.1, -0.05) is 48.5 Å². The van der Waals surface area contributed by atoms with Crippen molar-refractivity contribution in [1.82, 2.24) is 19.7 Å². The number of aromatic nitrogens is 4. The Morgan fingerprint density at radius 2 is 1.76 bits per heavy atom. The van der Waals surface area contributed by atoms with Crippen LogP contribution < -0.4 is 15.8 Å². The summed E-state index contributed by atoms with van der Waals surface area (Å²) in [5.41, 5.74) is 9.81. The van der Waals surface area contributed by atoms with E-state index in [1.807, 2.05) is 54.6 Å². The third kappa shape index (κ3) is 3.94. The van der Waals surface area contributed by atoms with Gasteiger partial charge >= 0.3 is 0 Å². The van der Waals surface area contributed by atoms with Crippen LogP contribution in [-0.4, -0.2) is 26.9 Å². The molecule has 0 amide bonds. The summed E-state index contributed by atoms with van der Waals surface area (Å²) < 4.78 is 20.9. The number of halogens is 1. The van der Waals surface area contributed by atoms with E-state index in [2.05, 4.69) is 15.4 Å². The molecule has 0 unspecified atom stereocenters. The largest absolute Gasteiger partial charge is 0.496 e. The van der Waals surface area contributed by atoms with Crippen LogP contribution in [0.25, 0.3) is 28.0 Å². The van der Waals surface area contributed by atoms with Gasteiger partial charge in [-0.2, -0.15) is 4.98 Å². The second kappa shape index (κ2) is 8.58. The third-order valence-electron chi connectivity index (χ3n) is 5.28. The van der Waals surface area contributed by atoms with Gasteiger partial charge in [0.25, 0.3) is 0 Å². The SMILES string of the molecule is COc1ccccc1-c1nc(NCc2ccccc2)nc2nn(-c3cccc(F)c3)c(N)c12. The van der Waals surface area contributed by atoms with E-state index < -0.39 is 0 Å². The molecule has 0 saturated heterocycles. The van der Waals surface area contributed by atoms with Crippen LogP contribution in [-0.2, 0) is 6.54 Å². The van der Waals surface area contributed by atoms with E-state index in [1.165, 1.54) is 16.8 Å². The standard InChI is InChI=1S/C25H21FN6O/c1-33-20-13-6-5-12-19(20)22-21-23(27)32(18-11-7-10-17(26)14-18)31-24(21)30-25(29-22)28-15-16-8-3-2-4-9-16/h2-14H,15,27H2,1H3,(H,28,30,31). The van der Waals surface area contributed by atoms with Gasteiger partial charge in [0, 0.05) is 12.1 Å². The maximum atomic E-state index is 13.9. The first-order valence-electron chi connectivity index (χ1n) is 10.4. The number of benzene rings is 3. The third-order valence-corrected chi connectivity index (χ3v) is 5.28. The highest BCUT2D eigenvalue weighted by Gasteiger charge is 2.21. The molecule has 3 aromatic carbocycles. The Labute approximate surface area is 189 Å². The summed E-state index contributed by atoms with van der Waals surface area (Å²) in [6.07, 6.45) is 0. The molecule has 0 spiro atoms. The number of methoxy groups -OCH3 is 1. The maximum Gasteiger partial charge on any atom is 0.225 e. The first kappa shape index (κ1) is 20.4. The predicted molar refractivity (Wildman–Crippen MR) is 127 cm³/mol. The zero-order valence-corrected chi connectivity index (χ0v) is 17.9. The van der Waals surface area contributed by atoms with Crippen molar-refractivity contribution in [2.75, 3.05) is 18.2 Å². The molecule has 2 heterocycles. The Morgan fingerprint density at radius 3 is 2.55 bits per heavy atom. The van der Waals surface area contributed by atoms with Crippen molar-refractivity contribution in [2.24, 2.45) is 0 Å². The molecule has 5 rings (SSSR count). The highest BCUT2D eigenvalue weighted by atomic mass is 19.1. The van der Waals surface area contributed by atoms with Crippen LogP contribution in [0.15, 0.2) is 78.9 Å². The van der Waals surface area contributed by atoms with Crippen LogP contribution in [0.4, 0.5) is 16.2 Å². The zero-order chi connectivity index (χ0) is 22.8. The molecule has 164 valence electrons. The lowest BCUT2D eigenvalue weighted by Crippen LogP contribution is -2.05. The van der Waals surface area contributed by atoms with Crippen molar-refractivity contribution >= 4 is 22.8 Å². The van der Waals surface area contributed by atoms with Gasteiger partial charge in [0.1, 0.15) is 17.4 Å². The number of nitrogens with one attached hydrogen (secondary N) is 1. The molecule has 0 aliphatic heterocycles. The van der Waals surface area contributed by atoms with Gasteiger partial charge in [0.2, 0.25) is 5.95 Å². The van der Waals surface area contributed by atoms with Crippen molar-refractivity contribution < 1.29 is 9.13 Å². The van der Waals surface area contributed by atoms with E-state index in [-0.39, 0.29) is 5.82 Å². The Bertz CT molecular complexity index is 1430. The van der Waals surface area contributed by atoms with E-state index >= 15 is 0 Å². The number of nitrogen functional groups attached to an aromatic ring is 1. The number of nitrogens with zero attached hydrogens (tertiary/aromatic N) is 4. The van der Waals surface area contributed by atoms with Crippen LogP contribution >= 0.6 is 0 Å². The minimum absolute atomic E-state index is 0.311. The molecule has 0 aliphatic rings. The molecule has 0 saturated carbocycles. The van der Waals surface area contributed by atoms with Crippen LogP contribution in [0.3, 0.4) is 0 Å². The highest BCUT2D eigenvalue weighted by Crippen LogP contribution is 2.37. The first-order chi connectivity index (χ1) is 16.1. The zero-order valence-electron chi connectivity index (χ0n) is 17.9. The van der Waals surface area contributed by atoms with Crippen LogP contribution in [0, 0.1) is 5.82 Å². The van der Waals surface area contributed by atoms with Crippen molar-refractivity contribution in [1.29, 1.82) is 0 Å². The molecule has 0 aliphatic carbocycles. The lowest BCUT2D eigenvalue weighted by molar-refractivity contribution is 0.416. The van der Waals surface area contributed by atoms with E-state index in [0.29, 0.717) is 46.5 Å². The Hall–Kier alpha value is -4.46. The number of hydrogen-bond acceptors (Lipinski definition) is 6. The molecule has 33 heavy (non-hydrogen) atoms. The van der Waals surface area contributed by atoms with Gasteiger partial charge in [0.05, 0.1) is 23.9 Å². The summed E-state index contributed by atoms with van der Waals surface area (Å²) in [7, 11) is 1.60. The lowest BCUT2D eigenvalue weighted by Gasteiger charge is -2.11. The molecule has 0 fully saturated rings. The van der Waals surface area contributed by atoms with Gasteiger partial charge in [-0.3, -0.25) is 0 Å². The van der Waals surface area contributed by atoms with Gasteiger partial charge in [-0.25, -0.2) is 14.1 Å². The average Bonchev–Trinajstić information content (AvgIpc) is 3.19. The Balaban J connectivity index is 1.69. The molecular weight excluding hydrogens is 419 g/mol. The fourth-order valence-corrected chi connectivity index (χ4v) is 3.71. The van der Waals surface area contributed by atoms with Crippen molar-refractivity contribution in [2.45, 2.75) is 6.54 Å². The molecule has 7 nitrogen and oxygen atoms in total. The van der Waals surface area contributed by atoms with E-state index in [4.69, 9.17) is 15.5 Å². The van der Waals surface area contributed by atoms with E-state index in [0.717, 1.165) is 11.1 Å². The molecule has 2 aromatic heterocycles. The number of anilines is 2. The molecule has 8 heteroatoms. The Kier molecular flexibility index (Phi) is 5.32. The van der Waals surface area contributed by atoms with E-state index in [1.54, 1.807) is 19.2 Å². The molecule has 0 radical (unpaired) electrons. The quantitative estimate of drug-likeness (QED) is 0.393. The minimum Gasteiger partial charge on any atom is -0.496 e. The van der Waals surface area contributed by atoms with Crippen molar-refractivity contribution in [3.8, 4) is 22.7 Å². The number of ether oxygens (including phenoxy) is 1. The second-order valence-electron chi connectivity index (χ2n) is 7.41. The second-order valence-corrected chi connectivity index (χ2v) is 7.41. The summed E-state index contributed by atoms with van der Waals surface area (Å²) in [6.45, 7) is 0.539. The topological polar surface area (TPSA) is 90.9 Å². The number of nitrogens with two attached hydrogens (primary N) is 1. The number of fused-ring (bicyclic) bond motifs is 1. The number of hydrogen-bond donors (Lipinski definition) is 2. The fourth-order valence-electron chi connectivity index (χ4n) is 3.71. The predicted octanol–water partition coefficient (Wildman–Crippen LogP) is 4.82. The van der Waals surface area contributed by atoms with Gasteiger partial charge in [0.15, 0.2) is 5.65 Å². The van der Waals surface area contributed by atoms with Crippen molar-refractivity contribution in [3.63, 3.8) is 0 Å². The van der Waals surface area contributed by atoms with Crippen LogP contribution in [0.1, 0.15) is 5.56 Å². The monoisotopic (exact) mass is 440 g/mol. The van der Waals surface area contributed by atoms with Gasteiger partial charge in [-0.15, -0.1) is 5.10 Å². The van der Waals surface area contributed by atoms with Gasteiger partial charge < -0.3 is 15.8 Å². The summed E-state index contributed by atoms with van der Waals surface area (Å²) in [5.74, 6) is 0.972. The molecule has 0 atom stereocenters. The number of para-hydroxylation sites is 1. The highest BCUT2D eigenvalue weighted by molar-refractivity contribution is 6.00. The maximum absolute atomic E-state index is 13.9. The van der Waals surface area contributed by atoms with Crippen LogP contribution in [0.2, 0.25) is 0 Å². The summed E-state index contributed by atoms with van der Waals surface area (Å²) in [4.78, 5) is 9.36. The summed E-state index contributed by atoms with van der Waals surface area (Å²) in [6, 6.07) is 23.6. The smallest absolute Gasteiger partial charge is 0.225 e. The number of rotatable bonds is 6. The summed E-state index contributed by atoms with van der Waals surface area (Å²) >= 11 is 0. The fraction of sp³-hybridized carbons (Fsp3) is 0.0800. The molecule has 0 bridgehead atoms. The minimum atomic E-state index is -0.382. The lowest BCUT2D eigenvalue weighted by atomic mass is 10.1. The van der Waals surface area contributed by atoms with Crippen molar-refractivity contribution in [3.05, 3.63) is 90.2 Å². The molecular formula is C25H21FN6O. The first-order valence-corrected chi connectivity index (χ1v) is 10.4. The Morgan fingerprint density at radius 1 is 0.970 bits per heavy atom. The normalized spacial score (nSPS) is 11.0. The average molecular weight is 440 g/mol. The van der Waals surface area contributed by atoms with Gasteiger partial charge in [-0.05, 0) is 35.9 Å². The van der Waals surface area contributed by atoms with E-state index in [9.17, 15) is 4.39 Å². The van der Waals surface area contributed by atoms with Crippen LogP contribution in [0.5, 0.6) is 5.75 Å². The summed E-state index contributed by atoms with van der Waals surface area (Å²) in [5, 5.41) is 8.40. The molecule has 3 N–H and O–H groups in total.